The highest BCUT2D eigenvalue weighted by molar-refractivity contribution is 7.88. The summed E-state index contributed by atoms with van der Waals surface area (Å²) >= 11 is 0. The third-order valence-electron chi connectivity index (χ3n) is 4.21. The smallest absolute Gasteiger partial charge is 0.235 e. The number of aryl methyl sites for hydroxylation is 1. The van der Waals surface area contributed by atoms with Crippen LogP contribution in [0.4, 0.5) is 0 Å². The molecule has 0 aromatic heterocycles. The van der Waals surface area contributed by atoms with E-state index in [1.165, 1.54) is 4.31 Å². The summed E-state index contributed by atoms with van der Waals surface area (Å²) in [6.45, 7) is 3.93. The van der Waals surface area contributed by atoms with E-state index in [0.717, 1.165) is 29.4 Å². The van der Waals surface area contributed by atoms with Gasteiger partial charge in [0.05, 0.1) is 18.8 Å². The average Bonchev–Trinajstić information content (AvgIpc) is 2.61. The molecular weight excluding hydrogens is 348 g/mol. The summed E-state index contributed by atoms with van der Waals surface area (Å²) in [6.07, 6.45) is 1.86. The van der Waals surface area contributed by atoms with Crippen molar-refractivity contribution >= 4 is 15.9 Å². The van der Waals surface area contributed by atoms with Crippen LogP contribution in [0.2, 0.25) is 0 Å². The predicted molar refractivity (Wildman–Crippen MR) is 104 cm³/mol. The Bertz CT molecular complexity index is 818. The molecule has 140 valence electrons. The Hall–Kier alpha value is -2.18. The van der Waals surface area contributed by atoms with Gasteiger partial charge in [-0.3, -0.25) is 4.79 Å². The molecule has 0 saturated heterocycles. The quantitative estimate of drug-likeness (QED) is 0.772. The number of nitrogens with zero attached hydrogens (tertiary/aromatic N) is 1. The van der Waals surface area contributed by atoms with Crippen LogP contribution in [0.3, 0.4) is 0 Å². The SMILES string of the molecule is CC[C@@H](NC(=O)CN(Cc1ccc(C)cc1)S(C)(=O)=O)c1ccccc1. The molecule has 0 unspecified atom stereocenters. The predicted octanol–water partition coefficient (Wildman–Crippen LogP) is 3.02. The maximum absolute atomic E-state index is 12.5. The minimum absolute atomic E-state index is 0.135. The van der Waals surface area contributed by atoms with Crippen LogP contribution in [0.1, 0.15) is 36.1 Å². The largest absolute Gasteiger partial charge is 0.348 e. The molecule has 2 aromatic carbocycles. The fraction of sp³-hybridized carbons (Fsp3) is 0.350. The van der Waals surface area contributed by atoms with Crippen LogP contribution in [-0.4, -0.2) is 31.4 Å². The van der Waals surface area contributed by atoms with Crippen LogP contribution in [0.5, 0.6) is 0 Å². The van der Waals surface area contributed by atoms with Crippen molar-refractivity contribution in [1.82, 2.24) is 9.62 Å². The molecule has 1 N–H and O–H groups in total. The zero-order valence-electron chi connectivity index (χ0n) is 15.5. The van der Waals surface area contributed by atoms with Gasteiger partial charge in [-0.25, -0.2) is 8.42 Å². The van der Waals surface area contributed by atoms with Crippen molar-refractivity contribution in [3.8, 4) is 0 Å². The Morgan fingerprint density at radius 3 is 2.23 bits per heavy atom. The molecule has 2 aromatic rings. The standard InChI is InChI=1S/C20H26N2O3S/c1-4-19(18-8-6-5-7-9-18)21-20(23)15-22(26(3,24)25)14-17-12-10-16(2)11-13-17/h5-13,19H,4,14-15H2,1-3H3,(H,21,23)/t19-/m1/s1. The van der Waals surface area contributed by atoms with E-state index in [2.05, 4.69) is 5.32 Å². The molecular formula is C20H26N2O3S. The second-order valence-corrected chi connectivity index (χ2v) is 8.44. The molecule has 0 heterocycles. The van der Waals surface area contributed by atoms with Gasteiger partial charge < -0.3 is 5.32 Å². The van der Waals surface area contributed by atoms with Gasteiger partial charge in [0.25, 0.3) is 0 Å². The molecule has 0 fully saturated rings. The van der Waals surface area contributed by atoms with Crippen LogP contribution >= 0.6 is 0 Å². The Kier molecular flexibility index (Phi) is 6.94. The first-order valence-corrected chi connectivity index (χ1v) is 10.5. The maximum atomic E-state index is 12.5. The molecule has 0 saturated carbocycles. The van der Waals surface area contributed by atoms with Gasteiger partial charge in [0.2, 0.25) is 15.9 Å². The second kappa shape index (κ2) is 8.96. The summed E-state index contributed by atoms with van der Waals surface area (Å²) in [6, 6.07) is 17.2. The van der Waals surface area contributed by atoms with Crippen molar-refractivity contribution in [2.45, 2.75) is 32.9 Å². The lowest BCUT2D eigenvalue weighted by Crippen LogP contribution is -2.41. The zero-order chi connectivity index (χ0) is 19.2. The van der Waals surface area contributed by atoms with Crippen LogP contribution in [-0.2, 0) is 21.4 Å². The number of carbonyl (C=O) groups is 1. The lowest BCUT2D eigenvalue weighted by molar-refractivity contribution is -0.122. The van der Waals surface area contributed by atoms with Gasteiger partial charge in [0, 0.05) is 6.54 Å². The van der Waals surface area contributed by atoms with E-state index in [4.69, 9.17) is 0 Å². The number of hydrogen-bond acceptors (Lipinski definition) is 3. The van der Waals surface area contributed by atoms with Gasteiger partial charge in [-0.2, -0.15) is 4.31 Å². The van der Waals surface area contributed by atoms with Crippen molar-refractivity contribution in [1.29, 1.82) is 0 Å². The van der Waals surface area contributed by atoms with Crippen molar-refractivity contribution in [2.24, 2.45) is 0 Å². The number of amides is 1. The van der Waals surface area contributed by atoms with Gasteiger partial charge in [-0.05, 0) is 24.5 Å². The van der Waals surface area contributed by atoms with Gasteiger partial charge in [-0.15, -0.1) is 0 Å². The third-order valence-corrected chi connectivity index (χ3v) is 5.41. The van der Waals surface area contributed by atoms with E-state index in [-0.39, 0.29) is 25.0 Å². The molecule has 0 bridgehead atoms. The zero-order valence-corrected chi connectivity index (χ0v) is 16.3. The van der Waals surface area contributed by atoms with E-state index in [0.29, 0.717) is 0 Å². The van der Waals surface area contributed by atoms with Gasteiger partial charge in [-0.1, -0.05) is 67.1 Å². The number of rotatable bonds is 8. The molecule has 26 heavy (non-hydrogen) atoms. The van der Waals surface area contributed by atoms with Crippen molar-refractivity contribution in [3.63, 3.8) is 0 Å². The van der Waals surface area contributed by atoms with Gasteiger partial charge in [0.15, 0.2) is 0 Å². The number of benzene rings is 2. The average molecular weight is 375 g/mol. The minimum Gasteiger partial charge on any atom is -0.348 e. The molecule has 0 spiro atoms. The first-order valence-electron chi connectivity index (χ1n) is 8.64. The number of nitrogens with one attached hydrogen (secondary N) is 1. The summed E-state index contributed by atoms with van der Waals surface area (Å²) < 4.78 is 25.4. The van der Waals surface area contributed by atoms with Crippen molar-refractivity contribution in [3.05, 3.63) is 71.3 Å². The van der Waals surface area contributed by atoms with Crippen LogP contribution in [0, 0.1) is 6.92 Å². The van der Waals surface area contributed by atoms with Gasteiger partial charge in [0.1, 0.15) is 0 Å². The van der Waals surface area contributed by atoms with Crippen LogP contribution in [0.25, 0.3) is 0 Å². The van der Waals surface area contributed by atoms with Crippen LogP contribution in [0.15, 0.2) is 54.6 Å². The Balaban J connectivity index is 2.07. The summed E-state index contributed by atoms with van der Waals surface area (Å²) in [5, 5.41) is 2.94. The highest BCUT2D eigenvalue weighted by atomic mass is 32.2. The van der Waals surface area contributed by atoms with Crippen molar-refractivity contribution < 1.29 is 13.2 Å². The van der Waals surface area contributed by atoms with Crippen LogP contribution < -0.4 is 5.32 Å². The summed E-state index contributed by atoms with van der Waals surface area (Å²) in [5.74, 6) is -0.307. The van der Waals surface area contributed by atoms with Gasteiger partial charge >= 0.3 is 0 Å². The normalized spacial score (nSPS) is 12.8. The number of sulfonamides is 1. The maximum Gasteiger partial charge on any atom is 0.235 e. The summed E-state index contributed by atoms with van der Waals surface area (Å²) in [7, 11) is -3.50. The molecule has 6 heteroatoms. The van der Waals surface area contributed by atoms with E-state index in [9.17, 15) is 13.2 Å². The molecule has 0 aliphatic rings. The van der Waals surface area contributed by atoms with Crippen molar-refractivity contribution in [2.75, 3.05) is 12.8 Å². The Morgan fingerprint density at radius 2 is 1.69 bits per heavy atom. The Morgan fingerprint density at radius 1 is 1.08 bits per heavy atom. The highest BCUT2D eigenvalue weighted by Gasteiger charge is 2.22. The highest BCUT2D eigenvalue weighted by Crippen LogP contribution is 2.16. The molecule has 0 radical (unpaired) electrons. The minimum atomic E-state index is -3.50. The van der Waals surface area contributed by atoms with E-state index in [1.807, 2.05) is 68.4 Å². The fourth-order valence-electron chi connectivity index (χ4n) is 2.69. The second-order valence-electron chi connectivity index (χ2n) is 6.46. The van der Waals surface area contributed by atoms with E-state index >= 15 is 0 Å². The monoisotopic (exact) mass is 374 g/mol. The first-order chi connectivity index (χ1) is 12.3. The molecule has 5 nitrogen and oxygen atoms in total. The Labute approximate surface area is 156 Å². The molecule has 1 amide bonds. The summed E-state index contributed by atoms with van der Waals surface area (Å²) in [4.78, 5) is 12.5. The topological polar surface area (TPSA) is 66.5 Å². The number of carbonyl (C=O) groups excluding carboxylic acids is 1. The molecule has 2 rings (SSSR count). The molecule has 0 aliphatic carbocycles. The molecule has 1 atom stereocenters. The lowest BCUT2D eigenvalue weighted by Gasteiger charge is -2.22. The van der Waals surface area contributed by atoms with E-state index in [1.54, 1.807) is 0 Å². The summed E-state index contributed by atoms with van der Waals surface area (Å²) in [5.41, 5.74) is 2.96. The lowest BCUT2D eigenvalue weighted by atomic mass is 10.0. The van der Waals surface area contributed by atoms with E-state index < -0.39 is 10.0 Å². The molecule has 0 aliphatic heterocycles. The first kappa shape index (κ1) is 20.1. The number of hydrogen-bond donors (Lipinski definition) is 1. The fourth-order valence-corrected chi connectivity index (χ4v) is 3.43. The third kappa shape index (κ3) is 5.97.